The highest BCUT2D eigenvalue weighted by atomic mass is 32.2. The van der Waals surface area contributed by atoms with Crippen LogP contribution in [-0.4, -0.2) is 28.5 Å². The van der Waals surface area contributed by atoms with Gasteiger partial charge in [-0.25, -0.2) is 21.1 Å². The monoisotopic (exact) mass is 472 g/mol. The fourth-order valence-electron chi connectivity index (χ4n) is 3.28. The molecule has 4 rings (SSSR count). The Morgan fingerprint density at radius 3 is 2.06 bits per heavy atom. The van der Waals surface area contributed by atoms with Crippen molar-refractivity contribution in [1.29, 1.82) is 0 Å². The summed E-state index contributed by atoms with van der Waals surface area (Å²) < 4.78 is 58.7. The maximum atomic E-state index is 12.7. The molecule has 3 aromatic carbocycles. The van der Waals surface area contributed by atoms with Crippen LogP contribution in [0.25, 0.3) is 0 Å². The average Bonchev–Trinajstić information content (AvgIpc) is 2.96. The lowest BCUT2D eigenvalue weighted by molar-refractivity contribution is -0.119. The highest BCUT2D eigenvalue weighted by molar-refractivity contribution is 7.94. The zero-order valence-corrected chi connectivity index (χ0v) is 18.6. The summed E-state index contributed by atoms with van der Waals surface area (Å²) in [6.45, 7) is 1.54. The first-order chi connectivity index (χ1) is 15.2. The van der Waals surface area contributed by atoms with Gasteiger partial charge in [0, 0.05) is 5.69 Å². The molecular weight excluding hydrogens is 452 g/mol. The van der Waals surface area contributed by atoms with Crippen molar-refractivity contribution in [2.75, 3.05) is 14.8 Å². The molecule has 0 aromatic heterocycles. The van der Waals surface area contributed by atoms with Gasteiger partial charge in [0.1, 0.15) is 11.5 Å². The van der Waals surface area contributed by atoms with E-state index in [9.17, 15) is 21.6 Å². The summed E-state index contributed by atoms with van der Waals surface area (Å²) in [6.07, 6.45) is 0. The summed E-state index contributed by atoms with van der Waals surface area (Å²) in [5, 5.41) is 0. The van der Waals surface area contributed by atoms with E-state index in [1.54, 1.807) is 31.2 Å². The van der Waals surface area contributed by atoms with Crippen molar-refractivity contribution in [1.82, 2.24) is 0 Å². The van der Waals surface area contributed by atoms with Gasteiger partial charge < -0.3 is 4.74 Å². The smallest absolute Gasteiger partial charge is 0.261 e. The minimum Gasteiger partial charge on any atom is -0.457 e. The molecule has 0 spiro atoms. The van der Waals surface area contributed by atoms with E-state index >= 15 is 0 Å². The van der Waals surface area contributed by atoms with Gasteiger partial charge in [-0.1, -0.05) is 25.1 Å². The second-order valence-corrected chi connectivity index (χ2v) is 10.9. The minimum atomic E-state index is -3.92. The molecule has 1 atom stereocenters. The number of sulfonamides is 2. The second kappa shape index (κ2) is 8.29. The number of nitrogens with one attached hydrogen (secondary N) is 1. The van der Waals surface area contributed by atoms with Crippen molar-refractivity contribution in [2.24, 2.45) is 5.92 Å². The number of hydrogen-bond donors (Lipinski definition) is 1. The normalized spacial score (nSPS) is 17.8. The van der Waals surface area contributed by atoms with E-state index in [1.807, 2.05) is 30.3 Å². The van der Waals surface area contributed by atoms with Crippen molar-refractivity contribution in [3.8, 4) is 11.5 Å². The first-order valence-electron chi connectivity index (χ1n) is 9.68. The third-order valence-corrected chi connectivity index (χ3v) is 8.09. The molecule has 0 aliphatic carbocycles. The van der Waals surface area contributed by atoms with Gasteiger partial charge in [-0.3, -0.25) is 9.52 Å². The van der Waals surface area contributed by atoms with Crippen molar-refractivity contribution >= 4 is 37.3 Å². The van der Waals surface area contributed by atoms with E-state index in [1.165, 1.54) is 24.3 Å². The van der Waals surface area contributed by atoms with Gasteiger partial charge in [0.2, 0.25) is 15.9 Å². The highest BCUT2D eigenvalue weighted by Gasteiger charge is 2.41. The Kier molecular flexibility index (Phi) is 5.66. The van der Waals surface area contributed by atoms with E-state index in [2.05, 4.69) is 4.72 Å². The molecule has 10 heteroatoms. The third kappa shape index (κ3) is 4.46. The number of anilines is 2. The molecule has 1 fully saturated rings. The lowest BCUT2D eigenvalue weighted by Crippen LogP contribution is -2.30. The first-order valence-corrected chi connectivity index (χ1v) is 12.8. The number of hydrogen-bond acceptors (Lipinski definition) is 6. The Morgan fingerprint density at radius 2 is 1.50 bits per heavy atom. The predicted octanol–water partition coefficient (Wildman–Crippen LogP) is 3.59. The van der Waals surface area contributed by atoms with Gasteiger partial charge >= 0.3 is 0 Å². The third-order valence-electron chi connectivity index (χ3n) is 4.83. The molecule has 0 bridgehead atoms. The molecule has 8 nitrogen and oxygen atoms in total. The zero-order chi connectivity index (χ0) is 22.9. The molecule has 3 aromatic rings. The Labute approximate surface area is 186 Å². The molecule has 1 saturated heterocycles. The maximum Gasteiger partial charge on any atom is 0.261 e. The zero-order valence-electron chi connectivity index (χ0n) is 17.0. The van der Waals surface area contributed by atoms with Crippen LogP contribution in [0.5, 0.6) is 11.5 Å². The van der Waals surface area contributed by atoms with Gasteiger partial charge in [-0.05, 0) is 60.7 Å². The van der Waals surface area contributed by atoms with Gasteiger partial charge in [0.05, 0.1) is 22.3 Å². The number of carbonyl (C=O) groups excluding carboxylic acids is 1. The van der Waals surface area contributed by atoms with Crippen LogP contribution in [0.15, 0.2) is 83.8 Å². The van der Waals surface area contributed by atoms with Crippen molar-refractivity contribution in [3.63, 3.8) is 0 Å². The van der Waals surface area contributed by atoms with Crippen LogP contribution in [0, 0.1) is 5.92 Å². The Hall–Kier alpha value is -3.37. The van der Waals surface area contributed by atoms with Crippen LogP contribution in [0.3, 0.4) is 0 Å². The standard InChI is InChI=1S/C22H20N2O6S2/c1-16-15-31(26,27)24(22(16)25)18-9-13-21(14-10-18)32(28,29)23-17-7-11-20(12-8-17)30-19-5-3-2-4-6-19/h2-14,16,23H,15H2,1H3/t16-/m1/s1. The van der Waals surface area contributed by atoms with Crippen LogP contribution in [-0.2, 0) is 24.8 Å². The number of ether oxygens (including phenoxy) is 1. The second-order valence-electron chi connectivity index (χ2n) is 7.32. The van der Waals surface area contributed by atoms with Gasteiger partial charge in [0.15, 0.2) is 0 Å². The topological polar surface area (TPSA) is 110 Å². The predicted molar refractivity (Wildman–Crippen MR) is 121 cm³/mol. The molecule has 1 N–H and O–H groups in total. The molecule has 1 heterocycles. The lowest BCUT2D eigenvalue weighted by Gasteiger charge is -2.16. The summed E-state index contributed by atoms with van der Waals surface area (Å²) in [6, 6.07) is 20.7. The van der Waals surface area contributed by atoms with E-state index in [-0.39, 0.29) is 16.3 Å². The molecule has 32 heavy (non-hydrogen) atoms. The number of nitrogens with zero attached hydrogens (tertiary/aromatic N) is 1. The maximum absolute atomic E-state index is 12.7. The number of benzene rings is 3. The van der Waals surface area contributed by atoms with Crippen LogP contribution >= 0.6 is 0 Å². The average molecular weight is 473 g/mol. The molecule has 0 unspecified atom stereocenters. The summed E-state index contributed by atoms with van der Waals surface area (Å²) in [5.41, 5.74) is 0.446. The SMILES string of the molecule is C[C@@H]1CS(=O)(=O)N(c2ccc(S(=O)(=O)Nc3ccc(Oc4ccccc4)cc3)cc2)C1=O. The molecule has 1 amide bonds. The summed E-state index contributed by atoms with van der Waals surface area (Å²) in [7, 11) is -7.68. The summed E-state index contributed by atoms with van der Waals surface area (Å²) >= 11 is 0. The van der Waals surface area contributed by atoms with E-state index < -0.39 is 31.9 Å². The Bertz CT molecular complexity index is 1340. The minimum absolute atomic E-state index is 0.0667. The Morgan fingerprint density at radius 1 is 0.906 bits per heavy atom. The van der Waals surface area contributed by atoms with E-state index in [0.717, 1.165) is 4.31 Å². The largest absolute Gasteiger partial charge is 0.457 e. The number of rotatable bonds is 6. The van der Waals surface area contributed by atoms with Gasteiger partial charge in [0.25, 0.3) is 10.0 Å². The number of amides is 1. The molecule has 0 radical (unpaired) electrons. The highest BCUT2D eigenvalue weighted by Crippen LogP contribution is 2.29. The molecule has 0 saturated carbocycles. The van der Waals surface area contributed by atoms with E-state index in [0.29, 0.717) is 17.2 Å². The number of para-hydroxylation sites is 1. The fraction of sp³-hybridized carbons (Fsp3) is 0.136. The molecule has 166 valence electrons. The fourth-order valence-corrected chi connectivity index (χ4v) is 6.16. The summed E-state index contributed by atoms with van der Waals surface area (Å²) in [4.78, 5) is 12.1. The lowest BCUT2D eigenvalue weighted by atomic mass is 10.2. The van der Waals surface area contributed by atoms with Crippen LogP contribution in [0.4, 0.5) is 11.4 Å². The van der Waals surface area contributed by atoms with Crippen molar-refractivity contribution < 1.29 is 26.4 Å². The van der Waals surface area contributed by atoms with E-state index in [4.69, 9.17) is 4.74 Å². The van der Waals surface area contributed by atoms with Gasteiger partial charge in [-0.15, -0.1) is 0 Å². The molecule has 1 aliphatic rings. The Balaban J connectivity index is 1.49. The van der Waals surface area contributed by atoms with Crippen LogP contribution in [0.1, 0.15) is 6.92 Å². The van der Waals surface area contributed by atoms with Crippen molar-refractivity contribution in [2.45, 2.75) is 11.8 Å². The van der Waals surface area contributed by atoms with Gasteiger partial charge in [-0.2, -0.15) is 0 Å². The molecular formula is C22H20N2O6S2. The first kappa shape index (κ1) is 21.8. The number of carbonyl (C=O) groups is 1. The summed E-state index contributed by atoms with van der Waals surface area (Å²) in [5.74, 6) is -0.226. The van der Waals surface area contributed by atoms with Crippen LogP contribution in [0.2, 0.25) is 0 Å². The van der Waals surface area contributed by atoms with Crippen molar-refractivity contribution in [3.05, 3.63) is 78.9 Å². The quantitative estimate of drug-likeness (QED) is 0.587. The molecule has 1 aliphatic heterocycles. The van der Waals surface area contributed by atoms with Crippen LogP contribution < -0.4 is 13.8 Å².